The Morgan fingerprint density at radius 1 is 1.06 bits per heavy atom. The van der Waals surface area contributed by atoms with Crippen LogP contribution in [-0.4, -0.2) is 28.6 Å². The molecule has 1 aliphatic rings. The SMILES string of the molecule is CCOC(=O)c1cc(-c2ccc(/C=C3/SC(=O)N(Cc4c(Cl)cccc4Cl)C3=O)o2)ccc1Cl. The number of hydrogen-bond donors (Lipinski definition) is 0. The number of hydrogen-bond acceptors (Lipinski definition) is 6. The maximum absolute atomic E-state index is 12.9. The van der Waals surface area contributed by atoms with E-state index < -0.39 is 17.1 Å². The van der Waals surface area contributed by atoms with Gasteiger partial charge in [-0.3, -0.25) is 14.5 Å². The topological polar surface area (TPSA) is 76.8 Å². The van der Waals surface area contributed by atoms with E-state index in [0.717, 1.165) is 16.7 Å². The van der Waals surface area contributed by atoms with Crippen LogP contribution in [0.1, 0.15) is 28.6 Å². The van der Waals surface area contributed by atoms with E-state index in [-0.39, 0.29) is 28.6 Å². The van der Waals surface area contributed by atoms with E-state index in [0.29, 0.717) is 32.7 Å². The molecule has 174 valence electrons. The van der Waals surface area contributed by atoms with E-state index in [9.17, 15) is 14.4 Å². The van der Waals surface area contributed by atoms with Crippen LogP contribution in [-0.2, 0) is 16.1 Å². The summed E-state index contributed by atoms with van der Waals surface area (Å²) < 4.78 is 10.9. The molecule has 4 rings (SSSR count). The van der Waals surface area contributed by atoms with Gasteiger partial charge >= 0.3 is 5.97 Å². The Hall–Kier alpha value is -2.71. The zero-order chi connectivity index (χ0) is 24.4. The zero-order valence-corrected chi connectivity index (χ0v) is 20.7. The molecular formula is C24H16Cl3NO5S. The molecule has 2 aromatic carbocycles. The van der Waals surface area contributed by atoms with Gasteiger partial charge in [0.2, 0.25) is 0 Å². The van der Waals surface area contributed by atoms with Crippen LogP contribution in [0.3, 0.4) is 0 Å². The van der Waals surface area contributed by atoms with Gasteiger partial charge in [-0.25, -0.2) is 4.79 Å². The van der Waals surface area contributed by atoms with Gasteiger partial charge in [0.05, 0.1) is 28.6 Å². The summed E-state index contributed by atoms with van der Waals surface area (Å²) in [6, 6.07) is 13.2. The standard InChI is InChI=1S/C24H16Cl3NO5S/c1-2-32-23(30)15-10-13(6-8-19(15)27)20-9-7-14(33-20)11-21-22(29)28(24(31)34-21)12-16-17(25)4-3-5-18(16)26/h3-11H,2,12H2,1H3/b21-11+. The van der Waals surface area contributed by atoms with Crippen molar-refractivity contribution in [3.63, 3.8) is 0 Å². The number of rotatable bonds is 6. The fourth-order valence-corrected chi connectivity index (χ4v) is 4.77. The number of amides is 2. The number of carbonyl (C=O) groups is 3. The van der Waals surface area contributed by atoms with Crippen LogP contribution in [0.5, 0.6) is 0 Å². The molecule has 0 saturated carbocycles. The van der Waals surface area contributed by atoms with Crippen molar-refractivity contribution in [2.75, 3.05) is 6.61 Å². The van der Waals surface area contributed by atoms with Crippen molar-refractivity contribution in [3.8, 4) is 11.3 Å². The Morgan fingerprint density at radius 3 is 2.50 bits per heavy atom. The number of halogens is 3. The highest BCUT2D eigenvalue weighted by Gasteiger charge is 2.36. The van der Waals surface area contributed by atoms with E-state index in [1.54, 1.807) is 55.5 Å². The molecule has 1 aliphatic heterocycles. The molecule has 0 radical (unpaired) electrons. The summed E-state index contributed by atoms with van der Waals surface area (Å²) in [5.41, 5.74) is 1.32. The molecule has 0 aliphatic carbocycles. The third-order valence-electron chi connectivity index (χ3n) is 4.90. The number of imide groups is 1. The van der Waals surface area contributed by atoms with Crippen LogP contribution in [0.2, 0.25) is 15.1 Å². The average molecular weight is 537 g/mol. The van der Waals surface area contributed by atoms with Crippen molar-refractivity contribution in [1.29, 1.82) is 0 Å². The predicted molar refractivity (Wildman–Crippen MR) is 133 cm³/mol. The average Bonchev–Trinajstić information content (AvgIpc) is 3.36. The Morgan fingerprint density at radius 2 is 1.79 bits per heavy atom. The third-order valence-corrected chi connectivity index (χ3v) is 6.84. The summed E-state index contributed by atoms with van der Waals surface area (Å²) in [5, 5.41) is 0.574. The Bertz CT molecular complexity index is 1310. The highest BCUT2D eigenvalue weighted by molar-refractivity contribution is 8.18. The van der Waals surface area contributed by atoms with E-state index >= 15 is 0 Å². The molecular weight excluding hydrogens is 521 g/mol. The molecule has 0 N–H and O–H groups in total. The monoisotopic (exact) mass is 535 g/mol. The van der Waals surface area contributed by atoms with Gasteiger partial charge < -0.3 is 9.15 Å². The van der Waals surface area contributed by atoms with Gasteiger partial charge in [0.1, 0.15) is 11.5 Å². The minimum atomic E-state index is -0.534. The van der Waals surface area contributed by atoms with Crippen molar-refractivity contribution >= 4 is 69.8 Å². The van der Waals surface area contributed by atoms with E-state index in [1.165, 1.54) is 6.08 Å². The minimum absolute atomic E-state index is 0.0364. The van der Waals surface area contributed by atoms with Gasteiger partial charge in [-0.05, 0) is 61.2 Å². The number of ether oxygens (including phenoxy) is 1. The molecule has 2 amide bonds. The van der Waals surface area contributed by atoms with E-state index in [2.05, 4.69) is 0 Å². The molecule has 0 atom stereocenters. The second-order valence-corrected chi connectivity index (χ2v) is 9.30. The second-order valence-electron chi connectivity index (χ2n) is 7.09. The molecule has 0 bridgehead atoms. The molecule has 6 nitrogen and oxygen atoms in total. The summed E-state index contributed by atoms with van der Waals surface area (Å²) in [5.74, 6) is -0.187. The lowest BCUT2D eigenvalue weighted by molar-refractivity contribution is -0.123. The summed E-state index contributed by atoms with van der Waals surface area (Å²) >= 11 is 19.3. The summed E-state index contributed by atoms with van der Waals surface area (Å²) in [7, 11) is 0. The van der Waals surface area contributed by atoms with Crippen molar-refractivity contribution in [2.45, 2.75) is 13.5 Å². The fraction of sp³-hybridized carbons (Fsp3) is 0.125. The van der Waals surface area contributed by atoms with Gasteiger partial charge in [0, 0.05) is 27.2 Å². The van der Waals surface area contributed by atoms with Gasteiger partial charge in [-0.1, -0.05) is 40.9 Å². The number of thioether (sulfide) groups is 1. The van der Waals surface area contributed by atoms with Crippen LogP contribution < -0.4 is 0 Å². The first-order chi connectivity index (χ1) is 16.3. The van der Waals surface area contributed by atoms with Crippen molar-refractivity contribution in [1.82, 2.24) is 4.90 Å². The second kappa shape index (κ2) is 10.3. The van der Waals surface area contributed by atoms with Gasteiger partial charge in [-0.2, -0.15) is 0 Å². The predicted octanol–water partition coefficient (Wildman–Crippen LogP) is 7.32. The number of benzene rings is 2. The highest BCUT2D eigenvalue weighted by Crippen LogP contribution is 2.36. The minimum Gasteiger partial charge on any atom is -0.462 e. The molecule has 1 fully saturated rings. The maximum atomic E-state index is 12.9. The largest absolute Gasteiger partial charge is 0.462 e. The zero-order valence-electron chi connectivity index (χ0n) is 17.6. The fourth-order valence-electron chi connectivity index (χ4n) is 3.24. The number of carbonyl (C=O) groups excluding carboxylic acids is 3. The summed E-state index contributed by atoms with van der Waals surface area (Å²) in [6.45, 7) is 1.90. The van der Waals surface area contributed by atoms with Crippen LogP contribution in [0.4, 0.5) is 4.79 Å². The smallest absolute Gasteiger partial charge is 0.339 e. The van der Waals surface area contributed by atoms with Gasteiger partial charge in [-0.15, -0.1) is 0 Å². The lowest BCUT2D eigenvalue weighted by atomic mass is 10.1. The quantitative estimate of drug-likeness (QED) is 0.243. The highest BCUT2D eigenvalue weighted by atomic mass is 35.5. The van der Waals surface area contributed by atoms with Gasteiger partial charge in [0.15, 0.2) is 0 Å². The van der Waals surface area contributed by atoms with Crippen molar-refractivity contribution < 1.29 is 23.5 Å². The van der Waals surface area contributed by atoms with Crippen molar-refractivity contribution in [2.24, 2.45) is 0 Å². The first-order valence-corrected chi connectivity index (χ1v) is 12.0. The molecule has 2 heterocycles. The number of furan rings is 1. The number of esters is 1. The Labute approximate surface area is 214 Å². The molecule has 34 heavy (non-hydrogen) atoms. The van der Waals surface area contributed by atoms with Crippen LogP contribution >= 0.6 is 46.6 Å². The summed E-state index contributed by atoms with van der Waals surface area (Å²) in [4.78, 5) is 38.7. The Balaban J connectivity index is 1.56. The lowest BCUT2D eigenvalue weighted by Crippen LogP contribution is -2.27. The molecule has 3 aromatic rings. The van der Waals surface area contributed by atoms with E-state index in [4.69, 9.17) is 44.0 Å². The summed E-state index contributed by atoms with van der Waals surface area (Å²) in [6.07, 6.45) is 1.49. The normalized spacial score (nSPS) is 14.8. The first-order valence-electron chi connectivity index (χ1n) is 10.0. The number of nitrogens with zero attached hydrogens (tertiary/aromatic N) is 1. The van der Waals surface area contributed by atoms with Crippen LogP contribution in [0.15, 0.2) is 57.9 Å². The van der Waals surface area contributed by atoms with Crippen molar-refractivity contribution in [3.05, 3.63) is 85.4 Å². The lowest BCUT2D eigenvalue weighted by Gasteiger charge is -2.14. The first kappa shape index (κ1) is 24.4. The van der Waals surface area contributed by atoms with E-state index in [1.807, 2.05) is 0 Å². The molecule has 1 saturated heterocycles. The molecule has 10 heteroatoms. The molecule has 1 aromatic heterocycles. The molecule has 0 unspecified atom stereocenters. The van der Waals surface area contributed by atoms with Gasteiger partial charge in [0.25, 0.3) is 11.1 Å². The molecule has 0 spiro atoms. The third kappa shape index (κ3) is 5.03. The van der Waals surface area contributed by atoms with Crippen LogP contribution in [0, 0.1) is 0 Å². The Kier molecular flexibility index (Phi) is 7.38. The van der Waals surface area contributed by atoms with Crippen LogP contribution in [0.25, 0.3) is 17.4 Å². The maximum Gasteiger partial charge on any atom is 0.339 e.